The fourth-order valence-corrected chi connectivity index (χ4v) is 3.18. The molecule has 0 unspecified atom stereocenters. The predicted molar refractivity (Wildman–Crippen MR) is 72.0 cm³/mol. The van der Waals surface area contributed by atoms with E-state index in [0.717, 1.165) is 11.3 Å². The molecule has 0 bridgehead atoms. The summed E-state index contributed by atoms with van der Waals surface area (Å²) in [6, 6.07) is 1.96. The van der Waals surface area contributed by atoms with Crippen molar-refractivity contribution in [1.82, 2.24) is 10.2 Å². The van der Waals surface area contributed by atoms with E-state index in [9.17, 15) is 9.59 Å². The lowest BCUT2D eigenvalue weighted by Crippen LogP contribution is -2.33. The van der Waals surface area contributed by atoms with Crippen molar-refractivity contribution in [3.63, 3.8) is 0 Å². The Morgan fingerprint density at radius 3 is 2.94 bits per heavy atom. The summed E-state index contributed by atoms with van der Waals surface area (Å²) in [6.07, 6.45) is 1.36. The first-order valence-electron chi connectivity index (χ1n) is 6.27. The van der Waals surface area contributed by atoms with E-state index in [2.05, 4.69) is 12.2 Å². The standard InChI is InChI=1S/C13H18N2O2S/c1-3-10-9(2)8-11(18-10)13(17)15-6-4-12(16)14-5-7-15/h8H,3-7H2,1-2H3,(H,14,16). The van der Waals surface area contributed by atoms with E-state index in [1.807, 2.05) is 13.0 Å². The lowest BCUT2D eigenvalue weighted by molar-refractivity contribution is -0.120. The smallest absolute Gasteiger partial charge is 0.264 e. The van der Waals surface area contributed by atoms with E-state index in [1.165, 1.54) is 10.4 Å². The van der Waals surface area contributed by atoms with Gasteiger partial charge in [-0.1, -0.05) is 6.92 Å². The Bertz CT molecular complexity index is 468. The quantitative estimate of drug-likeness (QED) is 0.883. The molecule has 2 rings (SSSR count). The summed E-state index contributed by atoms with van der Waals surface area (Å²) in [6.45, 7) is 5.81. The van der Waals surface area contributed by atoms with Crippen LogP contribution in [0, 0.1) is 6.92 Å². The van der Waals surface area contributed by atoms with Crippen LogP contribution < -0.4 is 5.32 Å². The van der Waals surface area contributed by atoms with Crippen molar-refractivity contribution >= 4 is 23.2 Å². The van der Waals surface area contributed by atoms with E-state index in [4.69, 9.17) is 0 Å². The lowest BCUT2D eigenvalue weighted by Gasteiger charge is -2.18. The summed E-state index contributed by atoms with van der Waals surface area (Å²) in [5, 5.41) is 2.78. The number of nitrogens with one attached hydrogen (secondary N) is 1. The van der Waals surface area contributed by atoms with Crippen LogP contribution >= 0.6 is 11.3 Å². The van der Waals surface area contributed by atoms with E-state index in [0.29, 0.717) is 26.1 Å². The largest absolute Gasteiger partial charge is 0.354 e. The zero-order valence-electron chi connectivity index (χ0n) is 10.8. The Kier molecular flexibility index (Phi) is 4.01. The van der Waals surface area contributed by atoms with Crippen LogP contribution in [0.5, 0.6) is 0 Å². The van der Waals surface area contributed by atoms with Gasteiger partial charge in [0.1, 0.15) is 0 Å². The first-order chi connectivity index (χ1) is 8.61. The minimum Gasteiger partial charge on any atom is -0.354 e. The van der Waals surface area contributed by atoms with Gasteiger partial charge in [0, 0.05) is 30.9 Å². The van der Waals surface area contributed by atoms with Gasteiger partial charge >= 0.3 is 0 Å². The molecular formula is C13H18N2O2S. The second-order valence-electron chi connectivity index (χ2n) is 4.46. The zero-order valence-corrected chi connectivity index (χ0v) is 11.6. The minimum atomic E-state index is 0.0295. The predicted octanol–water partition coefficient (Wildman–Crippen LogP) is 1.58. The summed E-state index contributed by atoms with van der Waals surface area (Å²) < 4.78 is 0. The van der Waals surface area contributed by atoms with Gasteiger partial charge in [-0.05, 0) is 25.0 Å². The van der Waals surface area contributed by atoms with Gasteiger partial charge < -0.3 is 10.2 Å². The molecule has 98 valence electrons. The van der Waals surface area contributed by atoms with E-state index in [1.54, 1.807) is 16.2 Å². The molecule has 0 aromatic carbocycles. The number of amides is 2. The molecule has 1 aromatic heterocycles. The molecule has 18 heavy (non-hydrogen) atoms. The molecule has 4 nitrogen and oxygen atoms in total. The molecule has 0 atom stereocenters. The molecule has 1 saturated heterocycles. The monoisotopic (exact) mass is 266 g/mol. The Balaban J connectivity index is 2.12. The first-order valence-corrected chi connectivity index (χ1v) is 7.08. The average Bonchev–Trinajstić information content (AvgIpc) is 2.59. The number of carbonyl (C=O) groups excluding carboxylic acids is 2. The van der Waals surface area contributed by atoms with Crippen molar-refractivity contribution in [1.29, 1.82) is 0 Å². The highest BCUT2D eigenvalue weighted by Gasteiger charge is 2.21. The van der Waals surface area contributed by atoms with Crippen LogP contribution in [0.3, 0.4) is 0 Å². The van der Waals surface area contributed by atoms with Gasteiger partial charge in [0.2, 0.25) is 5.91 Å². The normalized spacial score (nSPS) is 16.3. The molecule has 0 spiro atoms. The van der Waals surface area contributed by atoms with Gasteiger partial charge in [-0.15, -0.1) is 11.3 Å². The van der Waals surface area contributed by atoms with Gasteiger partial charge in [0.15, 0.2) is 0 Å². The maximum Gasteiger partial charge on any atom is 0.264 e. The first kappa shape index (κ1) is 13.1. The molecule has 1 aliphatic heterocycles. The topological polar surface area (TPSA) is 49.4 Å². The van der Waals surface area contributed by atoms with Gasteiger partial charge in [-0.3, -0.25) is 9.59 Å². The lowest BCUT2D eigenvalue weighted by atomic mass is 10.2. The fraction of sp³-hybridized carbons (Fsp3) is 0.538. The van der Waals surface area contributed by atoms with Crippen molar-refractivity contribution in [3.05, 3.63) is 21.4 Å². The summed E-state index contributed by atoms with van der Waals surface area (Å²) in [5.41, 5.74) is 1.19. The maximum atomic E-state index is 12.3. The van der Waals surface area contributed by atoms with Crippen molar-refractivity contribution in [3.8, 4) is 0 Å². The van der Waals surface area contributed by atoms with Crippen molar-refractivity contribution in [2.24, 2.45) is 0 Å². The molecule has 0 radical (unpaired) electrons. The third-order valence-electron chi connectivity index (χ3n) is 3.15. The highest BCUT2D eigenvalue weighted by Crippen LogP contribution is 2.23. The Morgan fingerprint density at radius 2 is 2.28 bits per heavy atom. The van der Waals surface area contributed by atoms with Crippen LogP contribution in [-0.4, -0.2) is 36.3 Å². The molecule has 5 heteroatoms. The number of hydrogen-bond acceptors (Lipinski definition) is 3. The molecule has 1 fully saturated rings. The number of rotatable bonds is 2. The van der Waals surface area contributed by atoms with Crippen LogP contribution in [-0.2, 0) is 11.2 Å². The third kappa shape index (κ3) is 2.72. The highest BCUT2D eigenvalue weighted by molar-refractivity contribution is 7.14. The zero-order chi connectivity index (χ0) is 13.1. The molecule has 1 aromatic rings. The molecule has 2 amide bonds. The summed E-state index contributed by atoms with van der Waals surface area (Å²) in [7, 11) is 0. The summed E-state index contributed by atoms with van der Waals surface area (Å²) in [4.78, 5) is 27.4. The molecule has 0 saturated carbocycles. The van der Waals surface area contributed by atoms with Crippen molar-refractivity contribution in [2.75, 3.05) is 19.6 Å². The maximum absolute atomic E-state index is 12.3. The fourth-order valence-electron chi connectivity index (χ4n) is 2.10. The van der Waals surface area contributed by atoms with Crippen LogP contribution in [0.4, 0.5) is 0 Å². The minimum absolute atomic E-state index is 0.0295. The van der Waals surface area contributed by atoms with Crippen molar-refractivity contribution in [2.45, 2.75) is 26.7 Å². The molecular weight excluding hydrogens is 248 g/mol. The number of thiophene rings is 1. The van der Waals surface area contributed by atoms with Crippen molar-refractivity contribution < 1.29 is 9.59 Å². The number of aryl methyl sites for hydroxylation is 2. The van der Waals surface area contributed by atoms with E-state index < -0.39 is 0 Å². The number of carbonyl (C=O) groups is 2. The van der Waals surface area contributed by atoms with Gasteiger partial charge in [0.25, 0.3) is 5.91 Å². The molecule has 1 N–H and O–H groups in total. The second-order valence-corrected chi connectivity index (χ2v) is 5.60. The Labute approximate surface area is 111 Å². The Morgan fingerprint density at radius 1 is 1.50 bits per heavy atom. The second kappa shape index (κ2) is 5.52. The molecule has 1 aliphatic rings. The average molecular weight is 266 g/mol. The summed E-state index contributed by atoms with van der Waals surface area (Å²) in [5.74, 6) is 0.0845. The van der Waals surface area contributed by atoms with Gasteiger partial charge in [-0.2, -0.15) is 0 Å². The van der Waals surface area contributed by atoms with Crippen LogP contribution in [0.15, 0.2) is 6.07 Å². The molecule has 2 heterocycles. The summed E-state index contributed by atoms with van der Waals surface area (Å²) >= 11 is 1.57. The SMILES string of the molecule is CCc1sc(C(=O)N2CCNC(=O)CC2)cc1C. The molecule has 0 aliphatic carbocycles. The van der Waals surface area contributed by atoms with Gasteiger partial charge in [0.05, 0.1) is 4.88 Å². The van der Waals surface area contributed by atoms with Gasteiger partial charge in [-0.25, -0.2) is 0 Å². The van der Waals surface area contributed by atoms with Crippen LogP contribution in [0.2, 0.25) is 0 Å². The third-order valence-corrected chi connectivity index (χ3v) is 4.52. The Hall–Kier alpha value is -1.36. The van der Waals surface area contributed by atoms with Crippen LogP contribution in [0.1, 0.15) is 33.5 Å². The van der Waals surface area contributed by atoms with E-state index in [-0.39, 0.29) is 11.8 Å². The highest BCUT2D eigenvalue weighted by atomic mass is 32.1. The number of nitrogens with zero attached hydrogens (tertiary/aromatic N) is 1. The number of hydrogen-bond donors (Lipinski definition) is 1. The van der Waals surface area contributed by atoms with Crippen LogP contribution in [0.25, 0.3) is 0 Å². The van der Waals surface area contributed by atoms with E-state index >= 15 is 0 Å².